The largest absolute Gasteiger partial charge is 0.383 e. The van der Waals surface area contributed by atoms with Gasteiger partial charge in [-0.15, -0.1) is 11.6 Å². The zero-order valence-electron chi connectivity index (χ0n) is 9.90. The highest BCUT2D eigenvalue weighted by Crippen LogP contribution is 2.16. The molecule has 1 N–H and O–H groups in total. The van der Waals surface area contributed by atoms with E-state index in [0.717, 1.165) is 0 Å². The van der Waals surface area contributed by atoms with Crippen molar-refractivity contribution in [3.63, 3.8) is 0 Å². The van der Waals surface area contributed by atoms with Crippen molar-refractivity contribution in [3.05, 3.63) is 29.3 Å². The fraction of sp³-hybridized carbons (Fsp3) is 0.455. The summed E-state index contributed by atoms with van der Waals surface area (Å²) >= 11 is 11.4. The van der Waals surface area contributed by atoms with E-state index in [0.29, 0.717) is 17.3 Å². The Balaban J connectivity index is 2.86. The summed E-state index contributed by atoms with van der Waals surface area (Å²) in [5.74, 6) is 0.353. The second kappa shape index (κ2) is 7.31. The molecule has 0 aliphatic carbocycles. The number of hydrogen-bond acceptors (Lipinski definition) is 3. The van der Waals surface area contributed by atoms with Crippen molar-refractivity contribution < 1.29 is 13.2 Å². The van der Waals surface area contributed by atoms with Gasteiger partial charge in [0.25, 0.3) is 0 Å². The molecule has 0 saturated carbocycles. The number of alkyl halides is 1. The van der Waals surface area contributed by atoms with E-state index in [-0.39, 0.29) is 17.5 Å². The van der Waals surface area contributed by atoms with E-state index >= 15 is 0 Å². The maximum atomic E-state index is 12.1. The fourth-order valence-corrected chi connectivity index (χ4v) is 3.25. The first kappa shape index (κ1) is 15.7. The lowest BCUT2D eigenvalue weighted by Crippen LogP contribution is -2.38. The zero-order valence-corrected chi connectivity index (χ0v) is 12.2. The molecular weight excluding hydrogens is 297 g/mol. The molecule has 0 aliphatic heterocycles. The Labute approximate surface area is 117 Å². The molecule has 1 rings (SSSR count). The van der Waals surface area contributed by atoms with Gasteiger partial charge < -0.3 is 4.74 Å². The molecule has 102 valence electrons. The van der Waals surface area contributed by atoms with E-state index in [2.05, 4.69) is 4.72 Å². The van der Waals surface area contributed by atoms with Gasteiger partial charge in [-0.3, -0.25) is 0 Å². The lowest BCUT2D eigenvalue weighted by atomic mass is 10.3. The van der Waals surface area contributed by atoms with E-state index in [1.807, 2.05) is 0 Å². The Bertz CT molecular complexity index is 473. The van der Waals surface area contributed by atoms with Crippen LogP contribution in [0.2, 0.25) is 5.02 Å². The molecule has 0 spiro atoms. The fourth-order valence-electron chi connectivity index (χ4n) is 1.43. The third-order valence-electron chi connectivity index (χ3n) is 2.25. The van der Waals surface area contributed by atoms with E-state index < -0.39 is 10.0 Å². The number of rotatable bonds is 7. The molecule has 7 heteroatoms. The number of halogens is 2. The van der Waals surface area contributed by atoms with Crippen LogP contribution in [0.4, 0.5) is 0 Å². The minimum Gasteiger partial charge on any atom is -0.383 e. The topological polar surface area (TPSA) is 55.4 Å². The number of sulfonamides is 1. The van der Waals surface area contributed by atoms with Gasteiger partial charge in [0, 0.05) is 24.1 Å². The molecular formula is C11H15Cl2NO3S. The Morgan fingerprint density at radius 3 is 2.72 bits per heavy atom. The highest BCUT2D eigenvalue weighted by Gasteiger charge is 2.19. The van der Waals surface area contributed by atoms with Crippen molar-refractivity contribution >= 4 is 33.2 Å². The SMILES string of the molecule is COCC(CCCl)NS(=O)(=O)c1cccc(Cl)c1. The molecule has 18 heavy (non-hydrogen) atoms. The Kier molecular flexibility index (Phi) is 6.38. The average Bonchev–Trinajstić information content (AvgIpc) is 2.29. The summed E-state index contributed by atoms with van der Waals surface area (Å²) in [4.78, 5) is 0.130. The van der Waals surface area contributed by atoms with Crippen LogP contribution in [0, 0.1) is 0 Å². The van der Waals surface area contributed by atoms with Gasteiger partial charge in [-0.05, 0) is 24.6 Å². The monoisotopic (exact) mass is 311 g/mol. The van der Waals surface area contributed by atoms with Gasteiger partial charge in [0.1, 0.15) is 0 Å². The minimum absolute atomic E-state index is 0.130. The van der Waals surface area contributed by atoms with Crippen LogP contribution in [0.15, 0.2) is 29.2 Å². The smallest absolute Gasteiger partial charge is 0.240 e. The van der Waals surface area contributed by atoms with E-state index in [9.17, 15) is 8.42 Å². The van der Waals surface area contributed by atoms with Gasteiger partial charge >= 0.3 is 0 Å². The van der Waals surface area contributed by atoms with E-state index in [1.165, 1.54) is 19.2 Å². The van der Waals surface area contributed by atoms with Crippen molar-refractivity contribution in [3.8, 4) is 0 Å². The van der Waals surface area contributed by atoms with E-state index in [4.69, 9.17) is 27.9 Å². The summed E-state index contributed by atoms with van der Waals surface area (Å²) in [6.45, 7) is 0.270. The van der Waals surface area contributed by atoms with Crippen LogP contribution in [0.25, 0.3) is 0 Å². The maximum absolute atomic E-state index is 12.1. The zero-order chi connectivity index (χ0) is 13.6. The van der Waals surface area contributed by atoms with Crippen LogP contribution in [0.3, 0.4) is 0 Å². The summed E-state index contributed by atoms with van der Waals surface area (Å²) in [6, 6.07) is 5.74. The lowest BCUT2D eigenvalue weighted by Gasteiger charge is -2.16. The van der Waals surface area contributed by atoms with Crippen LogP contribution >= 0.6 is 23.2 Å². The normalized spacial score (nSPS) is 13.5. The Morgan fingerprint density at radius 1 is 1.44 bits per heavy atom. The van der Waals surface area contributed by atoms with Crippen LogP contribution in [-0.4, -0.2) is 34.1 Å². The van der Waals surface area contributed by atoms with Crippen molar-refractivity contribution in [2.45, 2.75) is 17.4 Å². The second-order valence-electron chi connectivity index (χ2n) is 3.71. The summed E-state index contributed by atoms with van der Waals surface area (Å²) in [5, 5.41) is 0.374. The molecule has 1 unspecified atom stereocenters. The lowest BCUT2D eigenvalue weighted by molar-refractivity contribution is 0.173. The number of methoxy groups -OCH3 is 1. The third-order valence-corrected chi connectivity index (χ3v) is 4.23. The predicted molar refractivity (Wildman–Crippen MR) is 72.8 cm³/mol. The van der Waals surface area contributed by atoms with Crippen LogP contribution in [-0.2, 0) is 14.8 Å². The molecule has 0 fully saturated rings. The third kappa shape index (κ3) is 4.74. The second-order valence-corrected chi connectivity index (χ2v) is 6.24. The molecule has 1 aromatic rings. The first-order valence-electron chi connectivity index (χ1n) is 5.32. The van der Waals surface area contributed by atoms with Crippen LogP contribution in [0.5, 0.6) is 0 Å². The van der Waals surface area contributed by atoms with Gasteiger partial charge in [-0.2, -0.15) is 0 Å². The van der Waals surface area contributed by atoms with Crippen molar-refractivity contribution in [2.75, 3.05) is 19.6 Å². The molecule has 4 nitrogen and oxygen atoms in total. The first-order chi connectivity index (χ1) is 8.49. The molecule has 0 amide bonds. The summed E-state index contributed by atoms with van der Waals surface area (Å²) in [6.07, 6.45) is 0.495. The first-order valence-corrected chi connectivity index (χ1v) is 7.72. The Morgan fingerprint density at radius 2 is 2.17 bits per heavy atom. The van der Waals surface area contributed by atoms with Crippen molar-refractivity contribution in [1.29, 1.82) is 0 Å². The highest BCUT2D eigenvalue weighted by molar-refractivity contribution is 7.89. The standard InChI is InChI=1S/C11H15Cl2NO3S/c1-17-8-10(5-6-12)14-18(15,16)11-4-2-3-9(13)7-11/h2-4,7,10,14H,5-6,8H2,1H3. The quantitative estimate of drug-likeness (QED) is 0.786. The number of ether oxygens (including phenoxy) is 1. The molecule has 0 aromatic heterocycles. The van der Waals surface area contributed by atoms with Gasteiger partial charge in [0.2, 0.25) is 10.0 Å². The van der Waals surface area contributed by atoms with Crippen LogP contribution < -0.4 is 4.72 Å². The van der Waals surface area contributed by atoms with E-state index in [1.54, 1.807) is 12.1 Å². The summed E-state index contributed by atoms with van der Waals surface area (Å²) in [5.41, 5.74) is 0. The highest BCUT2D eigenvalue weighted by atomic mass is 35.5. The molecule has 0 radical (unpaired) electrons. The minimum atomic E-state index is -3.60. The number of benzene rings is 1. The maximum Gasteiger partial charge on any atom is 0.240 e. The van der Waals surface area contributed by atoms with Gasteiger partial charge in [0.15, 0.2) is 0 Å². The Hall–Kier alpha value is -0.330. The van der Waals surface area contributed by atoms with Crippen molar-refractivity contribution in [2.24, 2.45) is 0 Å². The van der Waals surface area contributed by atoms with Crippen LogP contribution in [0.1, 0.15) is 6.42 Å². The molecule has 0 saturated heterocycles. The molecule has 0 aliphatic rings. The summed E-state index contributed by atoms with van der Waals surface area (Å²) < 4.78 is 31.6. The van der Waals surface area contributed by atoms with Crippen molar-refractivity contribution in [1.82, 2.24) is 4.72 Å². The predicted octanol–water partition coefficient (Wildman–Crippen LogP) is 2.26. The molecule has 1 aromatic carbocycles. The van der Waals surface area contributed by atoms with Gasteiger partial charge in [-0.1, -0.05) is 17.7 Å². The van der Waals surface area contributed by atoms with Gasteiger partial charge in [0.05, 0.1) is 11.5 Å². The molecule has 1 atom stereocenters. The molecule has 0 heterocycles. The number of nitrogens with one attached hydrogen (secondary N) is 1. The molecule has 0 bridgehead atoms. The average molecular weight is 312 g/mol. The number of hydrogen-bond donors (Lipinski definition) is 1. The van der Waals surface area contributed by atoms with Gasteiger partial charge in [-0.25, -0.2) is 13.1 Å². The summed E-state index contributed by atoms with van der Waals surface area (Å²) in [7, 11) is -2.09.